The predicted octanol–water partition coefficient (Wildman–Crippen LogP) is 3.07. The summed E-state index contributed by atoms with van der Waals surface area (Å²) in [6.07, 6.45) is 0.716. The third-order valence-corrected chi connectivity index (χ3v) is 4.84. The molecule has 3 nitrogen and oxygen atoms in total. The van der Waals surface area contributed by atoms with Crippen LogP contribution in [0.3, 0.4) is 0 Å². The van der Waals surface area contributed by atoms with E-state index in [1.54, 1.807) is 13.0 Å². The quantitative estimate of drug-likeness (QED) is 0.928. The fraction of sp³-hybridized carbons (Fsp3) is 0.412. The molecule has 1 N–H and O–H groups in total. The Hall–Kier alpha value is -1.97. The lowest BCUT2D eigenvalue weighted by Gasteiger charge is -2.15. The van der Waals surface area contributed by atoms with Crippen LogP contribution >= 0.6 is 0 Å². The van der Waals surface area contributed by atoms with Crippen LogP contribution in [0.1, 0.15) is 37.6 Å². The molecule has 1 saturated carbocycles. The number of fused-ring (bicyclic) bond motifs is 1. The topological polar surface area (TPSA) is 46.2 Å². The minimum Gasteiger partial charge on any atom is -0.325 e. The second-order valence-electron chi connectivity index (χ2n) is 6.52. The zero-order valence-corrected chi connectivity index (χ0v) is 12.4. The molecule has 0 saturated heterocycles. The molecule has 4 heteroatoms. The van der Waals surface area contributed by atoms with E-state index in [1.165, 1.54) is 18.2 Å². The van der Waals surface area contributed by atoms with Gasteiger partial charge in [-0.25, -0.2) is 4.39 Å². The third kappa shape index (κ3) is 2.19. The van der Waals surface area contributed by atoms with Gasteiger partial charge in [-0.2, -0.15) is 0 Å². The largest absolute Gasteiger partial charge is 0.325 e. The fourth-order valence-electron chi connectivity index (χ4n) is 3.60. The van der Waals surface area contributed by atoms with Gasteiger partial charge in [0.05, 0.1) is 0 Å². The lowest BCUT2D eigenvalue weighted by atomic mass is 9.96. The van der Waals surface area contributed by atoms with Gasteiger partial charge in [0, 0.05) is 16.8 Å². The lowest BCUT2D eigenvalue weighted by molar-refractivity contribution is -0.114. The molecule has 2 aliphatic carbocycles. The van der Waals surface area contributed by atoms with Crippen molar-refractivity contribution < 1.29 is 14.0 Å². The Morgan fingerprint density at radius 3 is 2.67 bits per heavy atom. The monoisotopic (exact) mass is 287 g/mol. The Labute approximate surface area is 123 Å². The molecule has 0 bridgehead atoms. The van der Waals surface area contributed by atoms with Gasteiger partial charge in [-0.15, -0.1) is 0 Å². The summed E-state index contributed by atoms with van der Waals surface area (Å²) < 4.78 is 13.2. The van der Waals surface area contributed by atoms with Gasteiger partial charge in [0.2, 0.25) is 0 Å². The Morgan fingerprint density at radius 1 is 1.33 bits per heavy atom. The summed E-state index contributed by atoms with van der Waals surface area (Å²) in [5, 5.41) is 2.81. The number of carbonyl (C=O) groups is 2. The summed E-state index contributed by atoms with van der Waals surface area (Å²) in [6.45, 7) is 5.84. The van der Waals surface area contributed by atoms with Crippen molar-refractivity contribution in [2.24, 2.45) is 17.3 Å². The van der Waals surface area contributed by atoms with Crippen molar-refractivity contribution >= 4 is 11.7 Å². The van der Waals surface area contributed by atoms with Gasteiger partial charge < -0.3 is 5.32 Å². The Kier molecular flexibility index (Phi) is 3.01. The highest BCUT2D eigenvalue weighted by molar-refractivity contribution is 6.00. The van der Waals surface area contributed by atoms with E-state index in [4.69, 9.17) is 0 Å². The summed E-state index contributed by atoms with van der Waals surface area (Å²) in [6, 6.07) is 5.55. The van der Waals surface area contributed by atoms with E-state index in [9.17, 15) is 14.0 Å². The second kappa shape index (κ2) is 4.52. The van der Waals surface area contributed by atoms with Crippen LogP contribution in [0.25, 0.3) is 0 Å². The number of hydrogen-bond acceptors (Lipinski definition) is 2. The summed E-state index contributed by atoms with van der Waals surface area (Å²) in [4.78, 5) is 24.1. The van der Waals surface area contributed by atoms with Crippen molar-refractivity contribution in [2.45, 2.75) is 27.2 Å². The number of benzene rings is 1. The van der Waals surface area contributed by atoms with Gasteiger partial charge in [0.15, 0.2) is 5.78 Å². The zero-order valence-electron chi connectivity index (χ0n) is 12.4. The first-order valence-corrected chi connectivity index (χ1v) is 7.13. The molecule has 2 atom stereocenters. The number of carbonyl (C=O) groups excluding carboxylic acids is 2. The molecule has 1 fully saturated rings. The summed E-state index contributed by atoms with van der Waals surface area (Å²) in [7, 11) is 0. The number of nitrogens with one attached hydrogen (secondary N) is 1. The smallest absolute Gasteiger partial charge is 0.255 e. The first-order chi connectivity index (χ1) is 9.82. The number of amides is 1. The van der Waals surface area contributed by atoms with E-state index >= 15 is 0 Å². The molecule has 3 rings (SSSR count). The number of Topliss-reactive ketones (excluding diaryl/α,β-unsaturated/α-hetero) is 1. The maximum atomic E-state index is 13.2. The van der Waals surface area contributed by atoms with Crippen LogP contribution < -0.4 is 5.32 Å². The van der Waals surface area contributed by atoms with Crippen LogP contribution in [-0.2, 0) is 4.79 Å². The van der Waals surface area contributed by atoms with E-state index in [2.05, 4.69) is 19.2 Å². The first-order valence-electron chi connectivity index (χ1n) is 7.13. The summed E-state index contributed by atoms with van der Waals surface area (Å²) in [5.74, 6) is -0.110. The van der Waals surface area contributed by atoms with Gasteiger partial charge in [-0.05, 0) is 48.8 Å². The van der Waals surface area contributed by atoms with Crippen molar-refractivity contribution in [3.63, 3.8) is 0 Å². The molecule has 0 spiro atoms. The van der Waals surface area contributed by atoms with Gasteiger partial charge in [-0.3, -0.25) is 9.59 Å². The van der Waals surface area contributed by atoms with Crippen LogP contribution in [0.15, 0.2) is 35.5 Å². The molecule has 21 heavy (non-hydrogen) atoms. The van der Waals surface area contributed by atoms with E-state index in [1.807, 2.05) is 0 Å². The maximum Gasteiger partial charge on any atom is 0.255 e. The predicted molar refractivity (Wildman–Crippen MR) is 77.0 cm³/mol. The molecule has 0 aromatic heterocycles. The number of rotatable bonds is 3. The Morgan fingerprint density at radius 2 is 2.05 bits per heavy atom. The van der Waals surface area contributed by atoms with Crippen LogP contribution in [0, 0.1) is 23.1 Å². The minimum atomic E-state index is -0.446. The average Bonchev–Trinajstić information content (AvgIpc) is 2.78. The molecule has 0 radical (unpaired) electrons. The molecule has 0 heterocycles. The van der Waals surface area contributed by atoms with Crippen LogP contribution in [0.2, 0.25) is 0 Å². The van der Waals surface area contributed by atoms with Gasteiger partial charge in [-0.1, -0.05) is 19.9 Å². The fourth-order valence-corrected chi connectivity index (χ4v) is 3.60. The highest BCUT2D eigenvalue weighted by atomic mass is 19.1. The minimum absolute atomic E-state index is 0.0163. The summed E-state index contributed by atoms with van der Waals surface area (Å²) in [5.41, 5.74) is 1.87. The van der Waals surface area contributed by atoms with Crippen LogP contribution in [-0.4, -0.2) is 11.7 Å². The Bertz CT molecular complexity index is 675. The van der Waals surface area contributed by atoms with Gasteiger partial charge in [0.1, 0.15) is 5.82 Å². The lowest BCUT2D eigenvalue weighted by Crippen LogP contribution is -2.25. The Balaban J connectivity index is 1.84. The number of ketones is 1. The maximum absolute atomic E-state index is 13.2. The van der Waals surface area contributed by atoms with E-state index in [-0.39, 0.29) is 28.6 Å². The average molecular weight is 287 g/mol. The third-order valence-electron chi connectivity index (χ3n) is 4.84. The van der Waals surface area contributed by atoms with Crippen LogP contribution in [0.4, 0.5) is 4.39 Å². The van der Waals surface area contributed by atoms with Crippen molar-refractivity contribution in [1.29, 1.82) is 0 Å². The molecular weight excluding hydrogens is 269 g/mol. The molecule has 1 aromatic carbocycles. The van der Waals surface area contributed by atoms with E-state index < -0.39 is 5.82 Å². The zero-order chi connectivity index (χ0) is 15.4. The van der Waals surface area contributed by atoms with Gasteiger partial charge in [0.25, 0.3) is 5.91 Å². The molecular formula is C17H18FNO2. The van der Waals surface area contributed by atoms with Crippen molar-refractivity contribution in [1.82, 2.24) is 5.32 Å². The summed E-state index contributed by atoms with van der Waals surface area (Å²) >= 11 is 0. The standard InChI is InChI=1S/C17H18FNO2/c1-9(20)14-13(8-12-15(14)17(12,2)3)19-16(21)10-5-4-6-11(18)7-10/h4-7,12,15H,8H2,1-3H3,(H,19,21)/t12-,15+/m0/s1. The second-order valence-corrected chi connectivity index (χ2v) is 6.52. The van der Waals surface area contributed by atoms with E-state index in [0.29, 0.717) is 18.0 Å². The highest BCUT2D eigenvalue weighted by Crippen LogP contribution is 2.68. The molecule has 2 aliphatic rings. The normalized spacial score (nSPS) is 25.5. The molecule has 1 aromatic rings. The van der Waals surface area contributed by atoms with Crippen LogP contribution in [0.5, 0.6) is 0 Å². The SMILES string of the molecule is CC(=O)C1=C(NC(=O)c2cccc(F)c2)C[C@H]2[C@H]1C2(C)C. The molecule has 0 aliphatic heterocycles. The molecule has 1 amide bonds. The van der Waals surface area contributed by atoms with Crippen molar-refractivity contribution in [2.75, 3.05) is 0 Å². The number of halogens is 1. The van der Waals surface area contributed by atoms with Crippen molar-refractivity contribution in [3.8, 4) is 0 Å². The first kappa shape index (κ1) is 14.0. The van der Waals surface area contributed by atoms with Gasteiger partial charge >= 0.3 is 0 Å². The molecule has 0 unspecified atom stereocenters. The number of hydrogen-bond donors (Lipinski definition) is 1. The molecule has 110 valence electrons. The van der Waals surface area contributed by atoms with Crippen molar-refractivity contribution in [3.05, 3.63) is 46.9 Å². The number of allylic oxidation sites excluding steroid dienone is 2. The highest BCUT2D eigenvalue weighted by Gasteiger charge is 2.64. The van der Waals surface area contributed by atoms with E-state index in [0.717, 1.165) is 5.57 Å².